The van der Waals surface area contributed by atoms with Gasteiger partial charge in [-0.2, -0.15) is 0 Å². The van der Waals surface area contributed by atoms with Crippen LogP contribution in [0.4, 0.5) is 0 Å². The molecule has 1 N–H and O–H groups in total. The molecule has 1 aliphatic heterocycles. The Bertz CT molecular complexity index is 339. The van der Waals surface area contributed by atoms with E-state index in [9.17, 15) is 8.42 Å². The van der Waals surface area contributed by atoms with Crippen LogP contribution in [0.15, 0.2) is 0 Å². The minimum Gasteiger partial charge on any atom is -0.310 e. The molecule has 0 radical (unpaired) electrons. The van der Waals surface area contributed by atoms with E-state index in [-0.39, 0.29) is 6.04 Å². The predicted octanol–water partition coefficient (Wildman–Crippen LogP) is 1.66. The summed E-state index contributed by atoms with van der Waals surface area (Å²) in [5.41, 5.74) is 0. The third-order valence-electron chi connectivity index (χ3n) is 3.99. The van der Waals surface area contributed by atoms with Crippen molar-refractivity contribution in [1.29, 1.82) is 0 Å². The summed E-state index contributed by atoms with van der Waals surface area (Å²) < 4.78 is 23.2. The van der Waals surface area contributed by atoms with Gasteiger partial charge >= 0.3 is 0 Å². The lowest BCUT2D eigenvalue weighted by molar-refractivity contribution is 0.287. The minimum absolute atomic E-state index is 0.169. The van der Waals surface area contributed by atoms with Crippen LogP contribution in [0.5, 0.6) is 0 Å². The van der Waals surface area contributed by atoms with Crippen LogP contribution in [0, 0.1) is 0 Å². The molecule has 0 aromatic heterocycles. The van der Waals surface area contributed by atoms with E-state index >= 15 is 0 Å². The molecule has 0 bridgehead atoms. The first-order valence-electron chi connectivity index (χ1n) is 7.65. The van der Waals surface area contributed by atoms with Crippen molar-refractivity contribution < 1.29 is 8.42 Å². The average Bonchev–Trinajstić information content (AvgIpc) is 2.33. The Morgan fingerprint density at radius 1 is 1.32 bits per heavy atom. The van der Waals surface area contributed by atoms with Gasteiger partial charge < -0.3 is 10.2 Å². The summed E-state index contributed by atoms with van der Waals surface area (Å²) in [6, 6.07) is 0.580. The van der Waals surface area contributed by atoms with Crippen LogP contribution in [0.25, 0.3) is 0 Å². The van der Waals surface area contributed by atoms with Crippen molar-refractivity contribution >= 4 is 9.84 Å². The van der Waals surface area contributed by atoms with Crippen molar-refractivity contribution in [1.82, 2.24) is 10.2 Å². The summed E-state index contributed by atoms with van der Waals surface area (Å²) in [5, 5.41) is 3.49. The smallest absolute Gasteiger partial charge is 0.151 e. The number of nitrogens with one attached hydrogen (secondary N) is 1. The van der Waals surface area contributed by atoms with Crippen LogP contribution < -0.4 is 5.32 Å². The first kappa shape index (κ1) is 16.9. The highest BCUT2D eigenvalue weighted by atomic mass is 32.2. The van der Waals surface area contributed by atoms with E-state index in [1.54, 1.807) is 0 Å². The Morgan fingerprint density at radius 3 is 2.58 bits per heavy atom. The lowest BCUT2D eigenvalue weighted by atomic mass is 10.1. The van der Waals surface area contributed by atoms with Gasteiger partial charge in [-0.25, -0.2) is 8.42 Å². The second kappa shape index (κ2) is 8.22. The molecule has 1 heterocycles. The summed E-state index contributed by atoms with van der Waals surface area (Å²) in [5.74, 6) is 0.703. The van der Waals surface area contributed by atoms with Gasteiger partial charge in [0.05, 0.1) is 11.5 Å². The van der Waals surface area contributed by atoms with Gasteiger partial charge in [-0.3, -0.25) is 0 Å². The summed E-state index contributed by atoms with van der Waals surface area (Å²) in [6.45, 7) is 9.92. The second-order valence-electron chi connectivity index (χ2n) is 5.69. The quantitative estimate of drug-likeness (QED) is 0.739. The molecule has 0 aliphatic carbocycles. The van der Waals surface area contributed by atoms with E-state index in [4.69, 9.17) is 0 Å². The van der Waals surface area contributed by atoms with E-state index in [1.165, 1.54) is 6.42 Å². The molecule has 0 saturated carbocycles. The summed E-state index contributed by atoms with van der Waals surface area (Å²) in [7, 11) is -2.79. The molecule has 1 saturated heterocycles. The predicted molar refractivity (Wildman–Crippen MR) is 81.3 cm³/mol. The van der Waals surface area contributed by atoms with Crippen molar-refractivity contribution in [3.63, 3.8) is 0 Å². The van der Waals surface area contributed by atoms with E-state index < -0.39 is 9.84 Å². The number of hydrogen-bond donors (Lipinski definition) is 1. The zero-order valence-corrected chi connectivity index (χ0v) is 13.5. The van der Waals surface area contributed by atoms with Crippen molar-refractivity contribution in [2.75, 3.05) is 31.1 Å². The standard InChI is InChI=1S/C14H30N2O2S/c1-4-16(5-2)10-6-8-13(3)15-14-9-7-11-19(17,18)12-14/h13-15H,4-12H2,1-3H3. The Hall–Kier alpha value is -0.130. The van der Waals surface area contributed by atoms with Crippen LogP contribution in [-0.4, -0.2) is 56.5 Å². The Kier molecular flexibility index (Phi) is 7.32. The Morgan fingerprint density at radius 2 is 2.00 bits per heavy atom. The van der Waals surface area contributed by atoms with Crippen LogP contribution >= 0.6 is 0 Å². The molecule has 4 nitrogen and oxygen atoms in total. The summed E-state index contributed by atoms with van der Waals surface area (Å²) >= 11 is 0. The molecule has 2 atom stereocenters. The zero-order chi connectivity index (χ0) is 14.3. The summed E-state index contributed by atoms with van der Waals surface area (Å²) in [6.07, 6.45) is 4.11. The molecular formula is C14H30N2O2S. The van der Waals surface area contributed by atoms with Crippen LogP contribution in [-0.2, 0) is 9.84 Å². The third-order valence-corrected chi connectivity index (χ3v) is 5.81. The fraction of sp³-hybridized carbons (Fsp3) is 1.00. The highest BCUT2D eigenvalue weighted by Gasteiger charge is 2.25. The van der Waals surface area contributed by atoms with Gasteiger partial charge in [-0.15, -0.1) is 0 Å². The number of hydrogen-bond acceptors (Lipinski definition) is 4. The number of sulfone groups is 1. The largest absolute Gasteiger partial charge is 0.310 e. The maximum absolute atomic E-state index is 11.6. The zero-order valence-electron chi connectivity index (χ0n) is 12.7. The topological polar surface area (TPSA) is 49.4 Å². The minimum atomic E-state index is -2.79. The molecule has 5 heteroatoms. The molecular weight excluding hydrogens is 260 g/mol. The number of rotatable bonds is 8. The molecule has 114 valence electrons. The average molecular weight is 290 g/mol. The van der Waals surface area contributed by atoms with Gasteiger partial charge in [0, 0.05) is 12.1 Å². The highest BCUT2D eigenvalue weighted by Crippen LogP contribution is 2.13. The van der Waals surface area contributed by atoms with Crippen LogP contribution in [0.3, 0.4) is 0 Å². The van der Waals surface area contributed by atoms with Gasteiger partial charge in [0.1, 0.15) is 0 Å². The second-order valence-corrected chi connectivity index (χ2v) is 7.92. The highest BCUT2D eigenvalue weighted by molar-refractivity contribution is 7.91. The maximum Gasteiger partial charge on any atom is 0.151 e. The van der Waals surface area contributed by atoms with E-state index in [1.807, 2.05) is 0 Å². The summed E-state index contributed by atoms with van der Waals surface area (Å²) in [4.78, 5) is 2.43. The monoisotopic (exact) mass is 290 g/mol. The molecule has 0 spiro atoms. The fourth-order valence-electron chi connectivity index (χ4n) is 2.80. The van der Waals surface area contributed by atoms with E-state index in [0.29, 0.717) is 17.5 Å². The SMILES string of the molecule is CCN(CC)CCCC(C)NC1CCCS(=O)(=O)C1. The lowest BCUT2D eigenvalue weighted by Crippen LogP contribution is -2.44. The molecule has 19 heavy (non-hydrogen) atoms. The first-order chi connectivity index (χ1) is 8.96. The van der Waals surface area contributed by atoms with E-state index in [2.05, 4.69) is 31.0 Å². The molecule has 0 aromatic rings. The van der Waals surface area contributed by atoms with Gasteiger partial charge in [0.15, 0.2) is 9.84 Å². The Labute approximate surface area is 118 Å². The van der Waals surface area contributed by atoms with Crippen molar-refractivity contribution in [2.45, 2.75) is 58.5 Å². The van der Waals surface area contributed by atoms with Crippen molar-refractivity contribution in [2.24, 2.45) is 0 Å². The van der Waals surface area contributed by atoms with Gasteiger partial charge in [-0.05, 0) is 52.2 Å². The molecule has 0 aromatic carbocycles. The molecule has 0 amide bonds. The third kappa shape index (κ3) is 6.72. The van der Waals surface area contributed by atoms with Crippen LogP contribution in [0.1, 0.15) is 46.5 Å². The van der Waals surface area contributed by atoms with Crippen LogP contribution in [0.2, 0.25) is 0 Å². The van der Waals surface area contributed by atoms with Crippen molar-refractivity contribution in [3.05, 3.63) is 0 Å². The maximum atomic E-state index is 11.6. The lowest BCUT2D eigenvalue weighted by Gasteiger charge is -2.27. The molecule has 2 unspecified atom stereocenters. The molecule has 1 rings (SSSR count). The first-order valence-corrected chi connectivity index (χ1v) is 9.47. The number of nitrogens with zero attached hydrogens (tertiary/aromatic N) is 1. The van der Waals surface area contributed by atoms with Crippen molar-refractivity contribution in [3.8, 4) is 0 Å². The fourth-order valence-corrected chi connectivity index (χ4v) is 4.45. The Balaban J connectivity index is 2.22. The van der Waals surface area contributed by atoms with E-state index in [0.717, 1.165) is 38.9 Å². The molecule has 1 fully saturated rings. The van der Waals surface area contributed by atoms with Gasteiger partial charge in [0.2, 0.25) is 0 Å². The van der Waals surface area contributed by atoms with Gasteiger partial charge in [-0.1, -0.05) is 13.8 Å². The van der Waals surface area contributed by atoms with Gasteiger partial charge in [0.25, 0.3) is 0 Å². The normalized spacial score (nSPS) is 24.5. The molecule has 1 aliphatic rings.